The van der Waals surface area contributed by atoms with Crippen LogP contribution in [0.5, 0.6) is 0 Å². The Morgan fingerprint density at radius 3 is 2.31 bits per heavy atom. The van der Waals surface area contributed by atoms with Gasteiger partial charge in [-0.2, -0.15) is 0 Å². The van der Waals surface area contributed by atoms with Gasteiger partial charge in [-0.3, -0.25) is 4.90 Å². The molecule has 1 fully saturated rings. The highest BCUT2D eigenvalue weighted by Crippen LogP contribution is 2.05. The van der Waals surface area contributed by atoms with Crippen LogP contribution in [0.4, 0.5) is 0 Å². The molecule has 0 spiro atoms. The van der Waals surface area contributed by atoms with Crippen LogP contribution in [0.2, 0.25) is 0 Å². The van der Waals surface area contributed by atoms with Crippen LogP contribution in [0.3, 0.4) is 0 Å². The summed E-state index contributed by atoms with van der Waals surface area (Å²) in [6.45, 7) is 10.3. The topological polar surface area (TPSA) is 43.8 Å². The predicted octanol–water partition coefficient (Wildman–Crippen LogP) is 1.04. The summed E-state index contributed by atoms with van der Waals surface area (Å²) in [4.78, 5) is 15.3. The number of rotatable bonds is 5. The molecule has 4 nitrogen and oxygen atoms in total. The number of carboxylic acid groups (broad SMARTS) is 1. The first kappa shape index (κ1) is 13.2. The van der Waals surface area contributed by atoms with E-state index in [2.05, 4.69) is 16.7 Å². The van der Waals surface area contributed by atoms with Crippen molar-refractivity contribution in [2.45, 2.75) is 20.3 Å². The summed E-state index contributed by atoms with van der Waals surface area (Å²) >= 11 is 0. The second-order valence-corrected chi connectivity index (χ2v) is 4.45. The van der Waals surface area contributed by atoms with Gasteiger partial charge >= 0.3 is 5.97 Å². The van der Waals surface area contributed by atoms with E-state index < -0.39 is 5.97 Å². The van der Waals surface area contributed by atoms with Crippen LogP contribution in [0.25, 0.3) is 0 Å². The van der Waals surface area contributed by atoms with Gasteiger partial charge in [-0.25, -0.2) is 4.79 Å². The first-order chi connectivity index (χ1) is 7.61. The third kappa shape index (κ3) is 4.77. The number of nitrogens with zero attached hydrogens (tertiary/aromatic N) is 2. The minimum absolute atomic E-state index is 0.784. The molecule has 1 aliphatic heterocycles. The summed E-state index contributed by atoms with van der Waals surface area (Å²) in [5.41, 5.74) is 0.927. The summed E-state index contributed by atoms with van der Waals surface area (Å²) in [5.74, 6) is -0.845. The van der Waals surface area contributed by atoms with Gasteiger partial charge in [-0.15, -0.1) is 0 Å². The molecule has 0 atom stereocenters. The van der Waals surface area contributed by atoms with E-state index in [1.807, 2.05) is 6.92 Å². The first-order valence-corrected chi connectivity index (χ1v) is 5.96. The van der Waals surface area contributed by atoms with Gasteiger partial charge in [-0.05, 0) is 19.9 Å². The van der Waals surface area contributed by atoms with Gasteiger partial charge in [0.05, 0.1) is 0 Å². The minimum atomic E-state index is -0.845. The van der Waals surface area contributed by atoms with Gasteiger partial charge in [0.25, 0.3) is 0 Å². The lowest BCUT2D eigenvalue weighted by Crippen LogP contribution is -2.46. The summed E-state index contributed by atoms with van der Waals surface area (Å²) in [5, 5.41) is 8.62. The van der Waals surface area contributed by atoms with Gasteiger partial charge in [0.15, 0.2) is 0 Å². The fraction of sp³-hybridized carbons (Fsp3) is 0.750. The average molecular weight is 226 g/mol. The largest absolute Gasteiger partial charge is 0.478 e. The Kier molecular flexibility index (Phi) is 5.49. The minimum Gasteiger partial charge on any atom is -0.478 e. The predicted molar refractivity (Wildman–Crippen MR) is 64.6 cm³/mol. The molecular formula is C12H22N2O2. The highest BCUT2D eigenvalue weighted by Gasteiger charge is 2.15. The molecule has 0 bridgehead atoms. The average Bonchev–Trinajstić information content (AvgIpc) is 2.20. The van der Waals surface area contributed by atoms with Crippen molar-refractivity contribution in [3.63, 3.8) is 0 Å². The number of carbonyl (C=O) groups is 1. The second-order valence-electron chi connectivity index (χ2n) is 4.45. The third-order valence-electron chi connectivity index (χ3n) is 2.85. The van der Waals surface area contributed by atoms with Crippen molar-refractivity contribution in [2.75, 3.05) is 39.3 Å². The number of hydrogen-bond donors (Lipinski definition) is 1. The molecule has 0 amide bonds. The van der Waals surface area contributed by atoms with Gasteiger partial charge in [0, 0.05) is 38.8 Å². The molecule has 16 heavy (non-hydrogen) atoms. The fourth-order valence-electron chi connectivity index (χ4n) is 2.10. The van der Waals surface area contributed by atoms with Gasteiger partial charge in [-0.1, -0.05) is 12.5 Å². The number of aliphatic carboxylic acids is 1. The third-order valence-corrected chi connectivity index (χ3v) is 2.85. The monoisotopic (exact) mass is 226 g/mol. The Labute approximate surface area is 97.5 Å². The lowest BCUT2D eigenvalue weighted by atomic mass is 10.2. The Hall–Kier alpha value is -0.870. The molecule has 0 aromatic carbocycles. The van der Waals surface area contributed by atoms with Crippen LogP contribution in [0, 0.1) is 0 Å². The maximum Gasteiger partial charge on any atom is 0.328 e. The van der Waals surface area contributed by atoms with E-state index in [0.29, 0.717) is 0 Å². The van der Waals surface area contributed by atoms with E-state index in [0.717, 1.165) is 38.3 Å². The van der Waals surface area contributed by atoms with Crippen LogP contribution in [0.15, 0.2) is 11.6 Å². The molecule has 4 heteroatoms. The fourth-order valence-corrected chi connectivity index (χ4v) is 2.10. The number of carboxylic acids is 1. The van der Waals surface area contributed by atoms with E-state index in [-0.39, 0.29) is 0 Å². The first-order valence-electron chi connectivity index (χ1n) is 5.96. The summed E-state index contributed by atoms with van der Waals surface area (Å²) in [7, 11) is 0. The van der Waals surface area contributed by atoms with Crippen molar-refractivity contribution >= 4 is 5.97 Å². The zero-order valence-corrected chi connectivity index (χ0v) is 10.3. The maximum absolute atomic E-state index is 10.5. The van der Waals surface area contributed by atoms with E-state index in [1.165, 1.54) is 19.0 Å². The van der Waals surface area contributed by atoms with Crippen molar-refractivity contribution in [3.05, 3.63) is 11.6 Å². The smallest absolute Gasteiger partial charge is 0.328 e. The molecule has 0 aliphatic carbocycles. The second kappa shape index (κ2) is 6.66. The molecule has 1 aliphatic rings. The quantitative estimate of drug-likeness (QED) is 0.712. The molecule has 92 valence electrons. The summed E-state index contributed by atoms with van der Waals surface area (Å²) < 4.78 is 0. The zero-order valence-electron chi connectivity index (χ0n) is 10.3. The summed E-state index contributed by atoms with van der Waals surface area (Å²) in [6.07, 6.45) is 2.51. The molecule has 0 aromatic rings. The SMILES string of the molecule is CCCN1CCN(CC(C)=CC(=O)O)CC1. The standard InChI is InChI=1S/C12H22N2O2/c1-3-4-13-5-7-14(8-6-13)10-11(2)9-12(15)16/h9H,3-8,10H2,1-2H3,(H,15,16). The van der Waals surface area contributed by atoms with E-state index in [4.69, 9.17) is 5.11 Å². The number of piperazine rings is 1. The van der Waals surface area contributed by atoms with Crippen LogP contribution < -0.4 is 0 Å². The van der Waals surface area contributed by atoms with E-state index in [9.17, 15) is 4.79 Å². The molecule has 0 aromatic heterocycles. The Morgan fingerprint density at radius 2 is 1.81 bits per heavy atom. The molecule has 1 saturated heterocycles. The van der Waals surface area contributed by atoms with Gasteiger partial charge in [0.1, 0.15) is 0 Å². The molecule has 0 unspecified atom stereocenters. The molecule has 1 heterocycles. The molecule has 1 N–H and O–H groups in total. The summed E-state index contributed by atoms with van der Waals surface area (Å²) in [6, 6.07) is 0. The molecule has 0 saturated carbocycles. The molecule has 0 radical (unpaired) electrons. The van der Waals surface area contributed by atoms with Crippen molar-refractivity contribution in [1.82, 2.24) is 9.80 Å². The van der Waals surface area contributed by atoms with Crippen molar-refractivity contribution < 1.29 is 9.90 Å². The normalized spacial score (nSPS) is 20.0. The Morgan fingerprint density at radius 1 is 1.25 bits per heavy atom. The Bertz CT molecular complexity index is 256. The lowest BCUT2D eigenvalue weighted by Gasteiger charge is -2.34. The van der Waals surface area contributed by atoms with Crippen molar-refractivity contribution in [3.8, 4) is 0 Å². The van der Waals surface area contributed by atoms with Crippen molar-refractivity contribution in [1.29, 1.82) is 0 Å². The van der Waals surface area contributed by atoms with Crippen molar-refractivity contribution in [2.24, 2.45) is 0 Å². The molecular weight excluding hydrogens is 204 g/mol. The molecule has 1 rings (SSSR count). The van der Waals surface area contributed by atoms with Crippen LogP contribution >= 0.6 is 0 Å². The lowest BCUT2D eigenvalue weighted by molar-refractivity contribution is -0.131. The Balaban J connectivity index is 2.29. The highest BCUT2D eigenvalue weighted by molar-refractivity contribution is 5.80. The van der Waals surface area contributed by atoms with Gasteiger partial charge < -0.3 is 10.0 Å². The zero-order chi connectivity index (χ0) is 12.0. The van der Waals surface area contributed by atoms with Gasteiger partial charge in [0.2, 0.25) is 0 Å². The van der Waals surface area contributed by atoms with E-state index in [1.54, 1.807) is 0 Å². The maximum atomic E-state index is 10.5. The highest BCUT2D eigenvalue weighted by atomic mass is 16.4. The van der Waals surface area contributed by atoms with E-state index >= 15 is 0 Å². The van der Waals surface area contributed by atoms with Crippen LogP contribution in [0.1, 0.15) is 20.3 Å². The van der Waals surface area contributed by atoms with Crippen LogP contribution in [-0.2, 0) is 4.79 Å². The number of hydrogen-bond acceptors (Lipinski definition) is 3. The van der Waals surface area contributed by atoms with Crippen LogP contribution in [-0.4, -0.2) is 60.1 Å².